The van der Waals surface area contributed by atoms with Gasteiger partial charge in [-0.05, 0) is 42.7 Å². The monoisotopic (exact) mass is 368 g/mol. The predicted octanol–water partition coefficient (Wildman–Crippen LogP) is 4.30. The average Bonchev–Trinajstić information content (AvgIpc) is 2.47. The normalized spacial score (nSPS) is 10.3. The zero-order valence-corrected chi connectivity index (χ0v) is 14.0. The third-order valence-corrected chi connectivity index (χ3v) is 4.61. The van der Waals surface area contributed by atoms with Gasteiger partial charge in [0.1, 0.15) is 0 Å². The van der Waals surface area contributed by atoms with Crippen molar-refractivity contribution in [3.8, 4) is 0 Å². The molecule has 1 N–H and O–H groups in total. The van der Waals surface area contributed by atoms with Gasteiger partial charge in [-0.15, -0.1) is 23.5 Å². The first-order chi connectivity index (χ1) is 9.67. The SMILES string of the molecule is CSc1ccc(NC(=O)CSc2ccc(Br)cc2)cn1. The molecule has 0 aliphatic rings. The summed E-state index contributed by atoms with van der Waals surface area (Å²) in [6, 6.07) is 11.6. The van der Waals surface area contributed by atoms with Crippen LogP contribution in [0, 0.1) is 0 Å². The van der Waals surface area contributed by atoms with Crippen LogP contribution in [0.2, 0.25) is 0 Å². The highest BCUT2D eigenvalue weighted by Crippen LogP contribution is 2.21. The number of benzene rings is 1. The molecule has 1 heterocycles. The van der Waals surface area contributed by atoms with Crippen LogP contribution in [0.1, 0.15) is 0 Å². The van der Waals surface area contributed by atoms with Gasteiger partial charge in [0, 0.05) is 9.37 Å². The van der Waals surface area contributed by atoms with E-state index in [9.17, 15) is 4.79 Å². The second kappa shape index (κ2) is 7.71. The minimum absolute atomic E-state index is 0.0309. The van der Waals surface area contributed by atoms with Crippen molar-refractivity contribution < 1.29 is 4.79 Å². The second-order valence-corrected chi connectivity index (χ2v) is 6.67. The van der Waals surface area contributed by atoms with Gasteiger partial charge in [0.05, 0.1) is 22.7 Å². The van der Waals surface area contributed by atoms with E-state index in [0.29, 0.717) is 5.75 Å². The molecule has 0 atom stereocenters. The molecule has 2 rings (SSSR count). The summed E-state index contributed by atoms with van der Waals surface area (Å²) in [5.74, 6) is 0.350. The topological polar surface area (TPSA) is 42.0 Å². The Morgan fingerprint density at radius 1 is 1.25 bits per heavy atom. The van der Waals surface area contributed by atoms with Crippen LogP contribution in [-0.2, 0) is 4.79 Å². The molecule has 2 aromatic rings. The van der Waals surface area contributed by atoms with E-state index in [2.05, 4.69) is 26.2 Å². The highest BCUT2D eigenvalue weighted by molar-refractivity contribution is 9.10. The molecule has 1 aromatic heterocycles. The molecule has 20 heavy (non-hydrogen) atoms. The first kappa shape index (κ1) is 15.4. The van der Waals surface area contributed by atoms with E-state index in [-0.39, 0.29) is 5.91 Å². The van der Waals surface area contributed by atoms with Gasteiger partial charge in [-0.1, -0.05) is 15.9 Å². The van der Waals surface area contributed by atoms with Crippen molar-refractivity contribution in [3.05, 3.63) is 47.1 Å². The quantitative estimate of drug-likeness (QED) is 0.798. The maximum atomic E-state index is 11.8. The number of aromatic nitrogens is 1. The largest absolute Gasteiger partial charge is 0.324 e. The van der Waals surface area contributed by atoms with E-state index in [1.54, 1.807) is 18.0 Å². The smallest absolute Gasteiger partial charge is 0.234 e. The molecule has 6 heteroatoms. The first-order valence-electron chi connectivity index (χ1n) is 5.85. The molecule has 0 saturated carbocycles. The summed E-state index contributed by atoms with van der Waals surface area (Å²) in [7, 11) is 0. The van der Waals surface area contributed by atoms with Gasteiger partial charge in [-0.2, -0.15) is 0 Å². The maximum Gasteiger partial charge on any atom is 0.234 e. The fourth-order valence-corrected chi connectivity index (χ4v) is 2.78. The van der Waals surface area contributed by atoms with Gasteiger partial charge >= 0.3 is 0 Å². The molecule has 3 nitrogen and oxygen atoms in total. The summed E-state index contributed by atoms with van der Waals surface area (Å²) in [6.07, 6.45) is 3.64. The summed E-state index contributed by atoms with van der Waals surface area (Å²) in [6.45, 7) is 0. The Balaban J connectivity index is 1.84. The van der Waals surface area contributed by atoms with Crippen molar-refractivity contribution in [2.45, 2.75) is 9.92 Å². The van der Waals surface area contributed by atoms with Crippen LogP contribution in [0.3, 0.4) is 0 Å². The van der Waals surface area contributed by atoms with E-state index in [1.165, 1.54) is 11.8 Å². The van der Waals surface area contributed by atoms with Gasteiger partial charge in [-0.3, -0.25) is 4.79 Å². The summed E-state index contributed by atoms with van der Waals surface area (Å²) < 4.78 is 1.03. The van der Waals surface area contributed by atoms with Crippen LogP contribution in [-0.4, -0.2) is 22.9 Å². The van der Waals surface area contributed by atoms with Crippen molar-refractivity contribution in [1.82, 2.24) is 4.98 Å². The first-order valence-corrected chi connectivity index (χ1v) is 8.86. The lowest BCUT2D eigenvalue weighted by atomic mass is 10.4. The number of anilines is 1. The van der Waals surface area contributed by atoms with Crippen molar-refractivity contribution in [3.63, 3.8) is 0 Å². The van der Waals surface area contributed by atoms with Crippen LogP contribution >= 0.6 is 39.5 Å². The van der Waals surface area contributed by atoms with Gasteiger partial charge in [0.25, 0.3) is 0 Å². The van der Waals surface area contributed by atoms with Crippen LogP contribution < -0.4 is 5.32 Å². The van der Waals surface area contributed by atoms with Crippen molar-refractivity contribution in [1.29, 1.82) is 0 Å². The Kier molecular flexibility index (Phi) is 5.94. The molecule has 0 unspecified atom stereocenters. The molecule has 104 valence electrons. The number of halogens is 1. The molecule has 0 saturated heterocycles. The molecule has 1 aromatic carbocycles. The number of carbonyl (C=O) groups is 1. The fourth-order valence-electron chi connectivity index (χ4n) is 1.45. The number of carbonyl (C=O) groups excluding carboxylic acids is 1. The number of amides is 1. The summed E-state index contributed by atoms with van der Waals surface area (Å²) in [5.41, 5.74) is 0.726. The van der Waals surface area contributed by atoms with Crippen molar-refractivity contribution >= 4 is 51.0 Å². The van der Waals surface area contributed by atoms with E-state index < -0.39 is 0 Å². The van der Waals surface area contributed by atoms with Crippen LogP contribution in [0.25, 0.3) is 0 Å². The molecule has 0 bridgehead atoms. The Morgan fingerprint density at radius 2 is 2.00 bits per heavy atom. The van der Waals surface area contributed by atoms with E-state index >= 15 is 0 Å². The summed E-state index contributed by atoms with van der Waals surface area (Å²) in [4.78, 5) is 17.1. The summed E-state index contributed by atoms with van der Waals surface area (Å²) in [5, 5.41) is 3.77. The molecule has 0 aliphatic heterocycles. The zero-order chi connectivity index (χ0) is 14.4. The Labute approximate surface area is 135 Å². The average molecular weight is 369 g/mol. The third kappa shape index (κ3) is 4.85. The molecule has 0 fully saturated rings. The van der Waals surface area contributed by atoms with Crippen molar-refractivity contribution in [2.75, 3.05) is 17.3 Å². The van der Waals surface area contributed by atoms with Gasteiger partial charge < -0.3 is 5.32 Å². The summed E-state index contributed by atoms with van der Waals surface area (Å²) >= 11 is 6.46. The molecular formula is C14H13BrN2OS2. The molecule has 0 aliphatic carbocycles. The number of hydrogen-bond donors (Lipinski definition) is 1. The minimum atomic E-state index is -0.0309. The standard InChI is InChI=1S/C14H13BrN2OS2/c1-19-14-7-4-11(8-16-14)17-13(18)9-20-12-5-2-10(15)3-6-12/h2-8H,9H2,1H3,(H,17,18). The highest BCUT2D eigenvalue weighted by atomic mass is 79.9. The third-order valence-electron chi connectivity index (χ3n) is 2.41. The number of hydrogen-bond acceptors (Lipinski definition) is 4. The predicted molar refractivity (Wildman–Crippen MR) is 89.5 cm³/mol. The van der Waals surface area contributed by atoms with Crippen molar-refractivity contribution in [2.24, 2.45) is 0 Å². The highest BCUT2D eigenvalue weighted by Gasteiger charge is 2.04. The van der Waals surface area contributed by atoms with E-state index in [4.69, 9.17) is 0 Å². The van der Waals surface area contributed by atoms with Crippen LogP contribution in [0.4, 0.5) is 5.69 Å². The molecular weight excluding hydrogens is 356 g/mol. The lowest BCUT2D eigenvalue weighted by Gasteiger charge is -2.05. The molecule has 1 amide bonds. The van der Waals surface area contributed by atoms with Gasteiger partial charge in [0.2, 0.25) is 5.91 Å². The Morgan fingerprint density at radius 3 is 2.60 bits per heavy atom. The molecule has 0 spiro atoms. The maximum absolute atomic E-state index is 11.8. The number of nitrogens with one attached hydrogen (secondary N) is 1. The number of pyridine rings is 1. The number of rotatable bonds is 5. The Bertz CT molecular complexity index is 573. The van der Waals surface area contributed by atoms with Crippen LogP contribution in [0.15, 0.2) is 57.0 Å². The van der Waals surface area contributed by atoms with E-state index in [1.807, 2.05) is 42.7 Å². The minimum Gasteiger partial charge on any atom is -0.324 e. The van der Waals surface area contributed by atoms with Gasteiger partial charge in [0.15, 0.2) is 0 Å². The van der Waals surface area contributed by atoms with Gasteiger partial charge in [-0.25, -0.2) is 4.98 Å². The molecule has 0 radical (unpaired) electrons. The van der Waals surface area contributed by atoms with Crippen LogP contribution in [0.5, 0.6) is 0 Å². The lowest BCUT2D eigenvalue weighted by molar-refractivity contribution is -0.113. The fraction of sp³-hybridized carbons (Fsp3) is 0.143. The number of thioether (sulfide) groups is 2. The van der Waals surface area contributed by atoms with E-state index in [0.717, 1.165) is 20.1 Å². The Hall–Kier alpha value is -0.980. The zero-order valence-electron chi connectivity index (χ0n) is 10.8. The number of nitrogens with zero attached hydrogens (tertiary/aromatic N) is 1. The second-order valence-electron chi connectivity index (χ2n) is 3.88. The lowest BCUT2D eigenvalue weighted by Crippen LogP contribution is -2.14.